The first-order valence-corrected chi connectivity index (χ1v) is 8.03. The number of hydrogen-bond acceptors (Lipinski definition) is 4. The number of carbonyl (C=O) groups is 1. The molecule has 0 saturated heterocycles. The molecule has 0 aliphatic heterocycles. The Hall–Kier alpha value is -2.37. The molecule has 5 heteroatoms. The Balaban J connectivity index is 1.93. The van der Waals surface area contributed by atoms with Crippen molar-refractivity contribution in [1.82, 2.24) is 4.90 Å². The molecule has 0 aliphatic rings. The van der Waals surface area contributed by atoms with Crippen LogP contribution in [0.15, 0.2) is 54.6 Å². The topological polar surface area (TPSA) is 67.6 Å². The van der Waals surface area contributed by atoms with Crippen molar-refractivity contribution in [3.63, 3.8) is 0 Å². The highest BCUT2D eigenvalue weighted by Crippen LogP contribution is 2.19. The van der Waals surface area contributed by atoms with Gasteiger partial charge in [0.25, 0.3) is 0 Å². The van der Waals surface area contributed by atoms with Gasteiger partial charge in [-0.25, -0.2) is 0 Å². The Labute approximate surface area is 143 Å². The molecule has 5 nitrogen and oxygen atoms in total. The number of rotatable bonds is 8. The van der Waals surface area contributed by atoms with Gasteiger partial charge in [-0.2, -0.15) is 0 Å². The molecule has 0 bridgehead atoms. The van der Waals surface area contributed by atoms with E-state index in [1.54, 1.807) is 0 Å². The number of ether oxygens (including phenoxy) is 1. The van der Waals surface area contributed by atoms with Crippen molar-refractivity contribution in [2.24, 2.45) is 5.73 Å². The molecule has 1 amide bonds. The van der Waals surface area contributed by atoms with Gasteiger partial charge in [-0.3, -0.25) is 4.79 Å². The van der Waals surface area contributed by atoms with Gasteiger partial charge >= 0.3 is 0 Å². The Morgan fingerprint density at radius 3 is 2.38 bits per heavy atom. The van der Waals surface area contributed by atoms with E-state index in [4.69, 9.17) is 10.5 Å². The van der Waals surface area contributed by atoms with Crippen LogP contribution < -0.4 is 15.8 Å². The largest absolute Gasteiger partial charge is 0.492 e. The van der Waals surface area contributed by atoms with Gasteiger partial charge < -0.3 is 20.7 Å². The Bertz CT molecular complexity index is 627. The number of carbonyl (C=O) groups excluding carboxylic acids is 1. The SMILES string of the molecule is CN(C)CCOc1ccc(NC(=O)C(CN)c2ccccc2)cc1. The summed E-state index contributed by atoms with van der Waals surface area (Å²) in [6.07, 6.45) is 0. The molecule has 2 rings (SSSR count). The van der Waals surface area contributed by atoms with E-state index in [1.165, 1.54) is 0 Å². The molecule has 3 N–H and O–H groups in total. The van der Waals surface area contributed by atoms with Crippen LogP contribution in [0.1, 0.15) is 11.5 Å². The van der Waals surface area contributed by atoms with Gasteiger partial charge in [0.2, 0.25) is 5.91 Å². The maximum absolute atomic E-state index is 12.4. The summed E-state index contributed by atoms with van der Waals surface area (Å²) < 4.78 is 5.64. The van der Waals surface area contributed by atoms with Gasteiger partial charge in [0.15, 0.2) is 0 Å². The summed E-state index contributed by atoms with van der Waals surface area (Å²) in [7, 11) is 4.01. The number of nitrogens with one attached hydrogen (secondary N) is 1. The van der Waals surface area contributed by atoms with Crippen LogP contribution in [0.25, 0.3) is 0 Å². The molecule has 1 atom stereocenters. The van der Waals surface area contributed by atoms with Gasteiger partial charge in [0.05, 0.1) is 5.92 Å². The van der Waals surface area contributed by atoms with Gasteiger partial charge in [-0.1, -0.05) is 30.3 Å². The van der Waals surface area contributed by atoms with Crippen LogP contribution in [-0.4, -0.2) is 44.6 Å². The standard InChI is InChI=1S/C19H25N3O2/c1-22(2)12-13-24-17-10-8-16(9-11-17)21-19(23)18(14-20)15-6-4-3-5-7-15/h3-11,18H,12-14,20H2,1-2H3,(H,21,23). The molecule has 0 saturated carbocycles. The number of benzene rings is 2. The number of likely N-dealkylation sites (N-methyl/N-ethyl adjacent to an activating group) is 1. The van der Waals surface area contributed by atoms with Crippen molar-refractivity contribution in [3.8, 4) is 5.75 Å². The van der Waals surface area contributed by atoms with E-state index >= 15 is 0 Å². The summed E-state index contributed by atoms with van der Waals surface area (Å²) in [4.78, 5) is 14.5. The minimum absolute atomic E-state index is 0.107. The molecular weight excluding hydrogens is 302 g/mol. The average molecular weight is 327 g/mol. The molecule has 2 aromatic carbocycles. The lowest BCUT2D eigenvalue weighted by Gasteiger charge is -2.16. The lowest BCUT2D eigenvalue weighted by Crippen LogP contribution is -2.27. The summed E-state index contributed by atoms with van der Waals surface area (Å²) in [6, 6.07) is 16.9. The van der Waals surface area contributed by atoms with E-state index in [0.717, 1.165) is 23.5 Å². The fourth-order valence-electron chi connectivity index (χ4n) is 2.29. The summed E-state index contributed by atoms with van der Waals surface area (Å²) in [6.45, 7) is 1.75. The Morgan fingerprint density at radius 1 is 1.12 bits per heavy atom. The Morgan fingerprint density at radius 2 is 1.79 bits per heavy atom. The van der Waals surface area contributed by atoms with Crippen LogP contribution in [0.3, 0.4) is 0 Å². The molecule has 0 spiro atoms. The van der Waals surface area contributed by atoms with E-state index in [9.17, 15) is 4.79 Å². The minimum atomic E-state index is -0.359. The Kier molecular flexibility index (Phi) is 6.78. The first kappa shape index (κ1) is 18.0. The van der Waals surface area contributed by atoms with Gasteiger partial charge in [-0.05, 0) is 43.9 Å². The van der Waals surface area contributed by atoms with E-state index < -0.39 is 0 Å². The van der Waals surface area contributed by atoms with Crippen LogP contribution in [0.2, 0.25) is 0 Å². The molecule has 0 heterocycles. The molecule has 2 aromatic rings. The molecule has 24 heavy (non-hydrogen) atoms. The number of amides is 1. The van der Waals surface area contributed by atoms with Crippen LogP contribution in [0.5, 0.6) is 5.75 Å². The van der Waals surface area contributed by atoms with Crippen molar-refractivity contribution in [3.05, 3.63) is 60.2 Å². The molecular formula is C19H25N3O2. The number of anilines is 1. The normalized spacial score (nSPS) is 12.0. The summed E-state index contributed by atoms with van der Waals surface area (Å²) in [5.41, 5.74) is 7.43. The third-order valence-electron chi connectivity index (χ3n) is 3.68. The molecule has 0 fully saturated rings. The minimum Gasteiger partial charge on any atom is -0.492 e. The smallest absolute Gasteiger partial charge is 0.233 e. The zero-order valence-electron chi connectivity index (χ0n) is 14.2. The zero-order chi connectivity index (χ0) is 17.4. The summed E-state index contributed by atoms with van der Waals surface area (Å²) >= 11 is 0. The summed E-state index contributed by atoms with van der Waals surface area (Å²) in [5, 5.41) is 2.91. The predicted octanol–water partition coefficient (Wildman–Crippen LogP) is 2.31. The molecule has 0 radical (unpaired) electrons. The third kappa shape index (κ3) is 5.37. The predicted molar refractivity (Wildman–Crippen MR) is 97.4 cm³/mol. The van der Waals surface area contributed by atoms with Gasteiger partial charge in [0, 0.05) is 18.8 Å². The van der Waals surface area contributed by atoms with Crippen molar-refractivity contribution < 1.29 is 9.53 Å². The van der Waals surface area contributed by atoms with Crippen molar-refractivity contribution in [2.75, 3.05) is 39.1 Å². The van der Waals surface area contributed by atoms with E-state index in [2.05, 4.69) is 10.2 Å². The van der Waals surface area contributed by atoms with E-state index in [-0.39, 0.29) is 18.4 Å². The van der Waals surface area contributed by atoms with Crippen LogP contribution in [0.4, 0.5) is 5.69 Å². The van der Waals surface area contributed by atoms with E-state index in [0.29, 0.717) is 6.61 Å². The van der Waals surface area contributed by atoms with Crippen LogP contribution >= 0.6 is 0 Å². The molecule has 128 valence electrons. The molecule has 1 unspecified atom stereocenters. The number of nitrogens with two attached hydrogens (primary N) is 1. The van der Waals surface area contributed by atoms with Crippen molar-refractivity contribution >= 4 is 11.6 Å². The maximum Gasteiger partial charge on any atom is 0.233 e. The quantitative estimate of drug-likeness (QED) is 0.781. The lowest BCUT2D eigenvalue weighted by atomic mass is 9.98. The maximum atomic E-state index is 12.4. The van der Waals surface area contributed by atoms with E-state index in [1.807, 2.05) is 68.7 Å². The first-order valence-electron chi connectivity index (χ1n) is 8.03. The summed E-state index contributed by atoms with van der Waals surface area (Å²) in [5.74, 6) is 0.320. The first-order chi connectivity index (χ1) is 11.6. The monoisotopic (exact) mass is 327 g/mol. The van der Waals surface area contributed by atoms with Crippen molar-refractivity contribution in [1.29, 1.82) is 0 Å². The number of nitrogens with zero attached hydrogens (tertiary/aromatic N) is 1. The highest BCUT2D eigenvalue weighted by Gasteiger charge is 2.18. The highest BCUT2D eigenvalue weighted by atomic mass is 16.5. The lowest BCUT2D eigenvalue weighted by molar-refractivity contribution is -0.117. The molecule has 0 aromatic heterocycles. The van der Waals surface area contributed by atoms with Crippen molar-refractivity contribution in [2.45, 2.75) is 5.92 Å². The molecule has 0 aliphatic carbocycles. The third-order valence-corrected chi connectivity index (χ3v) is 3.68. The second kappa shape index (κ2) is 9.05. The van der Waals surface area contributed by atoms with Gasteiger partial charge in [0.1, 0.15) is 12.4 Å². The van der Waals surface area contributed by atoms with Gasteiger partial charge in [-0.15, -0.1) is 0 Å². The van der Waals surface area contributed by atoms with Crippen LogP contribution in [-0.2, 0) is 4.79 Å². The fourth-order valence-corrected chi connectivity index (χ4v) is 2.29. The second-order valence-electron chi connectivity index (χ2n) is 5.86. The second-order valence-corrected chi connectivity index (χ2v) is 5.86. The van der Waals surface area contributed by atoms with Crippen LogP contribution in [0, 0.1) is 0 Å². The zero-order valence-corrected chi connectivity index (χ0v) is 14.2. The fraction of sp³-hybridized carbons (Fsp3) is 0.316. The highest BCUT2D eigenvalue weighted by molar-refractivity contribution is 5.96. The number of hydrogen-bond donors (Lipinski definition) is 2. The average Bonchev–Trinajstić information content (AvgIpc) is 2.58.